The van der Waals surface area contributed by atoms with Crippen LogP contribution in [0.2, 0.25) is 0 Å². The van der Waals surface area contributed by atoms with Gasteiger partial charge in [-0.25, -0.2) is 4.79 Å². The van der Waals surface area contributed by atoms with Gasteiger partial charge in [0.15, 0.2) is 0 Å². The van der Waals surface area contributed by atoms with Crippen molar-refractivity contribution in [3.05, 3.63) is 29.8 Å². The molecule has 1 rings (SSSR count). The van der Waals surface area contributed by atoms with Gasteiger partial charge in [-0.2, -0.15) is 8.42 Å². The summed E-state index contributed by atoms with van der Waals surface area (Å²) in [6.45, 7) is 11.8. The summed E-state index contributed by atoms with van der Waals surface area (Å²) in [7, 11) is -3.53. The van der Waals surface area contributed by atoms with Gasteiger partial charge in [-0.05, 0) is 58.7 Å². The van der Waals surface area contributed by atoms with E-state index >= 15 is 0 Å². The Morgan fingerprint density at radius 3 is 2.20 bits per heavy atom. The maximum atomic E-state index is 12.6. The number of urea groups is 1. The number of nitrogens with zero attached hydrogens (tertiary/aromatic N) is 1. The summed E-state index contributed by atoms with van der Waals surface area (Å²) in [6, 6.07) is 6.74. The molecule has 0 radical (unpaired) electrons. The number of amides is 2. The maximum absolute atomic E-state index is 12.6. The first-order valence-electron chi connectivity index (χ1n) is 8.57. The van der Waals surface area contributed by atoms with Crippen LogP contribution >= 0.6 is 0 Å². The molecule has 6 nitrogen and oxygen atoms in total. The molecule has 0 bridgehead atoms. The molecule has 0 spiro atoms. The van der Waals surface area contributed by atoms with E-state index in [4.69, 9.17) is 4.18 Å². The molecule has 0 heterocycles. The highest BCUT2D eigenvalue weighted by Crippen LogP contribution is 2.18. The van der Waals surface area contributed by atoms with Crippen LogP contribution in [0.25, 0.3) is 0 Å². The van der Waals surface area contributed by atoms with Gasteiger partial charge in [0.1, 0.15) is 5.75 Å². The largest absolute Gasteiger partial charge is 0.382 e. The van der Waals surface area contributed by atoms with Crippen molar-refractivity contribution < 1.29 is 17.4 Å². The molecule has 0 fully saturated rings. The second kappa shape index (κ2) is 8.56. The molecule has 1 atom stereocenters. The van der Waals surface area contributed by atoms with Crippen molar-refractivity contribution in [1.29, 1.82) is 0 Å². The standard InChI is InChI=1S/C18H30N2O4S/c1-7-14(3)20(17(21)19-18(4,5)6)13-15-9-11-16(12-10-15)24-25(22,23)8-2/h9-12,14H,7-8,13H2,1-6H3,(H,19,21). The summed E-state index contributed by atoms with van der Waals surface area (Å²) in [5, 5.41) is 2.99. The van der Waals surface area contributed by atoms with Gasteiger partial charge in [0.2, 0.25) is 0 Å². The second-order valence-corrected chi connectivity index (χ2v) is 9.00. The number of nitrogens with one attached hydrogen (secondary N) is 1. The summed E-state index contributed by atoms with van der Waals surface area (Å²) < 4.78 is 28.0. The highest BCUT2D eigenvalue weighted by molar-refractivity contribution is 7.87. The van der Waals surface area contributed by atoms with Gasteiger partial charge in [-0.3, -0.25) is 0 Å². The summed E-state index contributed by atoms with van der Waals surface area (Å²) in [6.07, 6.45) is 0.841. The minimum absolute atomic E-state index is 0.0798. The van der Waals surface area contributed by atoms with Crippen molar-refractivity contribution in [3.63, 3.8) is 0 Å². The lowest BCUT2D eigenvalue weighted by Gasteiger charge is -2.32. The quantitative estimate of drug-likeness (QED) is 0.745. The van der Waals surface area contributed by atoms with Gasteiger partial charge in [-0.15, -0.1) is 0 Å². The maximum Gasteiger partial charge on any atom is 0.318 e. The molecule has 25 heavy (non-hydrogen) atoms. The molecular formula is C18H30N2O4S. The van der Waals surface area contributed by atoms with Crippen LogP contribution in [0.5, 0.6) is 5.75 Å². The number of rotatable bonds is 7. The molecule has 7 heteroatoms. The normalized spacial score (nSPS) is 13.2. The van der Waals surface area contributed by atoms with E-state index in [9.17, 15) is 13.2 Å². The highest BCUT2D eigenvalue weighted by Gasteiger charge is 2.23. The zero-order valence-electron chi connectivity index (χ0n) is 16.0. The van der Waals surface area contributed by atoms with Crippen molar-refractivity contribution in [2.75, 3.05) is 5.75 Å². The monoisotopic (exact) mass is 370 g/mol. The van der Waals surface area contributed by atoms with E-state index in [0.717, 1.165) is 12.0 Å². The van der Waals surface area contributed by atoms with E-state index in [1.807, 2.05) is 34.6 Å². The lowest BCUT2D eigenvalue weighted by Crippen LogP contribution is -2.50. The molecule has 0 saturated carbocycles. The van der Waals surface area contributed by atoms with E-state index in [-0.39, 0.29) is 29.1 Å². The molecule has 2 amide bonds. The molecular weight excluding hydrogens is 340 g/mol. The van der Waals surface area contributed by atoms with Crippen molar-refractivity contribution >= 4 is 16.1 Å². The average molecular weight is 371 g/mol. The van der Waals surface area contributed by atoms with Gasteiger partial charge in [0.25, 0.3) is 0 Å². The van der Waals surface area contributed by atoms with Crippen molar-refractivity contribution in [2.24, 2.45) is 0 Å². The molecule has 1 aromatic rings. The average Bonchev–Trinajstić information content (AvgIpc) is 2.51. The van der Waals surface area contributed by atoms with Crippen molar-refractivity contribution in [1.82, 2.24) is 10.2 Å². The Balaban J connectivity index is 2.89. The molecule has 0 saturated heterocycles. The number of hydrogen-bond donors (Lipinski definition) is 1. The van der Waals surface area contributed by atoms with E-state index in [2.05, 4.69) is 5.32 Å². The molecule has 1 aromatic carbocycles. The lowest BCUT2D eigenvalue weighted by molar-refractivity contribution is 0.165. The Kier molecular flexibility index (Phi) is 7.29. The Morgan fingerprint density at radius 1 is 1.20 bits per heavy atom. The van der Waals surface area contributed by atoms with Crippen LogP contribution in [-0.4, -0.2) is 36.7 Å². The molecule has 142 valence electrons. The SMILES string of the molecule is CCC(C)N(Cc1ccc(OS(=O)(=O)CC)cc1)C(=O)NC(C)(C)C. The zero-order valence-corrected chi connectivity index (χ0v) is 16.8. The molecule has 0 aromatic heterocycles. The predicted octanol–water partition coefficient (Wildman–Crippen LogP) is 3.52. The number of carbonyl (C=O) groups is 1. The van der Waals surface area contributed by atoms with E-state index < -0.39 is 10.1 Å². The van der Waals surface area contributed by atoms with E-state index in [0.29, 0.717) is 6.54 Å². The lowest BCUT2D eigenvalue weighted by atomic mass is 10.1. The number of carbonyl (C=O) groups excluding carboxylic acids is 1. The van der Waals surface area contributed by atoms with Crippen LogP contribution in [0.1, 0.15) is 53.5 Å². The Bertz CT molecular complexity index is 663. The smallest absolute Gasteiger partial charge is 0.318 e. The zero-order chi connectivity index (χ0) is 19.3. The summed E-state index contributed by atoms with van der Waals surface area (Å²) in [5.74, 6) is 0.198. The summed E-state index contributed by atoms with van der Waals surface area (Å²) >= 11 is 0. The van der Waals surface area contributed by atoms with Crippen LogP contribution in [0.4, 0.5) is 4.79 Å². The third-order valence-corrected chi connectivity index (χ3v) is 4.87. The van der Waals surface area contributed by atoms with Crippen LogP contribution in [0, 0.1) is 0 Å². The first kappa shape index (κ1) is 21.3. The minimum atomic E-state index is -3.53. The second-order valence-electron chi connectivity index (χ2n) is 7.14. The predicted molar refractivity (Wildman–Crippen MR) is 100 cm³/mol. The van der Waals surface area contributed by atoms with Crippen molar-refractivity contribution in [3.8, 4) is 5.75 Å². The summed E-state index contributed by atoms with van der Waals surface area (Å²) in [4.78, 5) is 14.3. The third kappa shape index (κ3) is 7.34. The first-order valence-corrected chi connectivity index (χ1v) is 10.1. The Morgan fingerprint density at radius 2 is 1.76 bits per heavy atom. The molecule has 0 aliphatic carbocycles. The van der Waals surface area contributed by atoms with E-state index in [1.54, 1.807) is 29.2 Å². The Labute approximate surface area is 151 Å². The van der Waals surface area contributed by atoms with Crippen LogP contribution < -0.4 is 9.50 Å². The molecule has 1 unspecified atom stereocenters. The minimum Gasteiger partial charge on any atom is -0.382 e. The fourth-order valence-electron chi connectivity index (χ4n) is 2.09. The highest BCUT2D eigenvalue weighted by atomic mass is 32.2. The molecule has 1 N–H and O–H groups in total. The van der Waals surface area contributed by atoms with Gasteiger partial charge in [-0.1, -0.05) is 19.1 Å². The van der Waals surface area contributed by atoms with E-state index in [1.165, 1.54) is 6.92 Å². The fourth-order valence-corrected chi connectivity index (χ4v) is 2.62. The topological polar surface area (TPSA) is 75.7 Å². The van der Waals surface area contributed by atoms with Crippen LogP contribution in [-0.2, 0) is 16.7 Å². The van der Waals surface area contributed by atoms with Gasteiger partial charge < -0.3 is 14.4 Å². The van der Waals surface area contributed by atoms with Crippen LogP contribution in [0.15, 0.2) is 24.3 Å². The Hall–Kier alpha value is -1.76. The number of benzene rings is 1. The van der Waals surface area contributed by atoms with Gasteiger partial charge in [0, 0.05) is 18.1 Å². The summed E-state index contributed by atoms with van der Waals surface area (Å²) in [5.41, 5.74) is 0.597. The molecule has 0 aliphatic heterocycles. The van der Waals surface area contributed by atoms with Crippen LogP contribution in [0.3, 0.4) is 0 Å². The third-order valence-electron chi connectivity index (χ3n) is 3.72. The van der Waals surface area contributed by atoms with Crippen molar-refractivity contribution in [2.45, 2.75) is 66.1 Å². The fraction of sp³-hybridized carbons (Fsp3) is 0.611. The molecule has 0 aliphatic rings. The number of hydrogen-bond acceptors (Lipinski definition) is 4. The van der Waals surface area contributed by atoms with Gasteiger partial charge in [0.05, 0.1) is 5.75 Å². The van der Waals surface area contributed by atoms with Gasteiger partial charge >= 0.3 is 16.1 Å². The first-order chi connectivity index (χ1) is 11.5.